The summed E-state index contributed by atoms with van der Waals surface area (Å²) in [4.78, 5) is 25.6. The molecule has 1 unspecified atom stereocenters. The molecule has 1 saturated carbocycles. The Morgan fingerprint density at radius 1 is 1.20 bits per heavy atom. The van der Waals surface area contributed by atoms with Crippen molar-refractivity contribution < 1.29 is 9.18 Å². The van der Waals surface area contributed by atoms with Gasteiger partial charge in [-0.1, -0.05) is 6.42 Å². The molecule has 25 heavy (non-hydrogen) atoms. The van der Waals surface area contributed by atoms with Gasteiger partial charge in [0.05, 0.1) is 12.4 Å². The van der Waals surface area contributed by atoms with Gasteiger partial charge in [-0.2, -0.15) is 0 Å². The first-order valence-corrected chi connectivity index (χ1v) is 9.62. The Morgan fingerprint density at radius 2 is 2.00 bits per heavy atom. The van der Waals surface area contributed by atoms with Crippen LogP contribution in [0.15, 0.2) is 12.3 Å². The molecule has 1 aromatic rings. The van der Waals surface area contributed by atoms with Gasteiger partial charge >= 0.3 is 0 Å². The summed E-state index contributed by atoms with van der Waals surface area (Å²) < 4.78 is 12.8. The number of halogens is 1. The minimum Gasteiger partial charge on any atom is -0.339 e. The van der Waals surface area contributed by atoms with Crippen LogP contribution in [0.4, 0.5) is 4.39 Å². The van der Waals surface area contributed by atoms with E-state index in [1.165, 1.54) is 19.3 Å². The topological polar surface area (TPSA) is 49.3 Å². The van der Waals surface area contributed by atoms with Crippen LogP contribution in [0.2, 0.25) is 0 Å². The molecule has 5 nitrogen and oxygen atoms in total. The predicted octanol–water partition coefficient (Wildman–Crippen LogP) is 2.53. The van der Waals surface area contributed by atoms with Crippen LogP contribution in [-0.2, 0) is 11.3 Å². The average molecular weight is 346 g/mol. The molecule has 6 heteroatoms. The van der Waals surface area contributed by atoms with E-state index < -0.39 is 0 Å². The first kappa shape index (κ1) is 16.9. The second kappa shape index (κ2) is 7.36. The van der Waals surface area contributed by atoms with Crippen LogP contribution >= 0.6 is 0 Å². The van der Waals surface area contributed by atoms with E-state index in [9.17, 15) is 9.18 Å². The first-order chi connectivity index (χ1) is 12.2. The predicted molar refractivity (Wildman–Crippen MR) is 92.7 cm³/mol. The number of alkyl halides is 1. The van der Waals surface area contributed by atoms with Crippen molar-refractivity contribution in [2.24, 2.45) is 5.92 Å². The highest BCUT2D eigenvalue weighted by Crippen LogP contribution is 2.34. The maximum Gasteiger partial charge on any atom is 0.223 e. The summed E-state index contributed by atoms with van der Waals surface area (Å²) in [6, 6.07) is 2.31. The van der Waals surface area contributed by atoms with Crippen LogP contribution in [0.1, 0.15) is 56.0 Å². The van der Waals surface area contributed by atoms with Gasteiger partial charge in [0, 0.05) is 56.7 Å². The van der Waals surface area contributed by atoms with E-state index in [4.69, 9.17) is 4.98 Å². The van der Waals surface area contributed by atoms with Crippen molar-refractivity contribution in [3.8, 4) is 0 Å². The second-order valence-corrected chi connectivity index (χ2v) is 7.81. The van der Waals surface area contributed by atoms with Crippen LogP contribution in [0.5, 0.6) is 0 Å². The van der Waals surface area contributed by atoms with Crippen LogP contribution in [0.3, 0.4) is 0 Å². The van der Waals surface area contributed by atoms with E-state index in [2.05, 4.69) is 9.88 Å². The molecule has 0 N–H and O–H groups in total. The minimum absolute atomic E-state index is 0.0866. The van der Waals surface area contributed by atoms with Crippen molar-refractivity contribution in [2.75, 3.05) is 26.3 Å². The molecule has 0 spiro atoms. The number of nitrogens with zero attached hydrogens (tertiary/aromatic N) is 4. The normalized spacial score (nSPS) is 26.2. The number of carbonyl (C=O) groups is 1. The Balaban J connectivity index is 1.30. The molecule has 4 rings (SSSR count). The Hall–Kier alpha value is -1.56. The number of carbonyl (C=O) groups excluding carboxylic acids is 1. The summed E-state index contributed by atoms with van der Waals surface area (Å²) in [5, 5.41) is 0. The zero-order valence-corrected chi connectivity index (χ0v) is 14.7. The van der Waals surface area contributed by atoms with Crippen molar-refractivity contribution in [3.05, 3.63) is 23.8 Å². The van der Waals surface area contributed by atoms with Gasteiger partial charge in [0.2, 0.25) is 5.91 Å². The standard InChI is InChI=1S/C19H27FN4O/c20-11-14-10-18(25)24(12-14)17-5-8-23(9-6-17)13-16-4-7-21-19(22-16)15-2-1-3-15/h4,7,14-15,17H,1-3,5-6,8-13H2. The highest BCUT2D eigenvalue weighted by atomic mass is 19.1. The van der Waals surface area contributed by atoms with Crippen molar-refractivity contribution in [3.63, 3.8) is 0 Å². The lowest BCUT2D eigenvalue weighted by Gasteiger charge is -2.36. The molecule has 3 fully saturated rings. The largest absolute Gasteiger partial charge is 0.339 e. The van der Waals surface area contributed by atoms with Crippen molar-refractivity contribution in [1.82, 2.24) is 19.8 Å². The van der Waals surface area contributed by atoms with Gasteiger partial charge in [-0.25, -0.2) is 9.97 Å². The van der Waals surface area contributed by atoms with Gasteiger partial charge in [0.1, 0.15) is 5.82 Å². The van der Waals surface area contributed by atoms with Crippen LogP contribution in [-0.4, -0.2) is 58.0 Å². The highest BCUT2D eigenvalue weighted by Gasteiger charge is 2.35. The van der Waals surface area contributed by atoms with Gasteiger partial charge in [0.15, 0.2) is 0 Å². The Morgan fingerprint density at radius 3 is 2.64 bits per heavy atom. The molecule has 0 bridgehead atoms. The molecule has 3 heterocycles. The Labute approximate surface area is 148 Å². The summed E-state index contributed by atoms with van der Waals surface area (Å²) in [6.45, 7) is 3.03. The molecule has 0 radical (unpaired) electrons. The Kier molecular flexibility index (Phi) is 4.97. The van der Waals surface area contributed by atoms with Gasteiger partial charge in [-0.15, -0.1) is 0 Å². The summed E-state index contributed by atoms with van der Waals surface area (Å²) in [5.41, 5.74) is 1.10. The molecular weight excluding hydrogens is 319 g/mol. The first-order valence-electron chi connectivity index (χ1n) is 9.62. The van der Waals surface area contributed by atoms with E-state index in [-0.39, 0.29) is 24.5 Å². The smallest absolute Gasteiger partial charge is 0.223 e. The second-order valence-electron chi connectivity index (χ2n) is 7.81. The molecule has 2 aliphatic heterocycles. The fourth-order valence-electron chi connectivity index (χ4n) is 4.25. The lowest BCUT2D eigenvalue weighted by Crippen LogP contribution is -2.45. The third kappa shape index (κ3) is 3.68. The molecule has 1 amide bonds. The number of hydrogen-bond acceptors (Lipinski definition) is 4. The molecule has 3 aliphatic rings. The molecule has 136 valence electrons. The van der Waals surface area contributed by atoms with E-state index in [0.29, 0.717) is 18.9 Å². The third-order valence-electron chi connectivity index (χ3n) is 6.04. The SMILES string of the molecule is O=C1CC(CF)CN1C1CCN(Cc2ccnc(C3CCC3)n2)CC1. The third-order valence-corrected chi connectivity index (χ3v) is 6.04. The lowest BCUT2D eigenvalue weighted by molar-refractivity contribution is -0.130. The summed E-state index contributed by atoms with van der Waals surface area (Å²) in [5.74, 6) is 1.63. The number of piperidine rings is 1. The molecule has 1 aliphatic carbocycles. The van der Waals surface area contributed by atoms with Gasteiger partial charge in [-0.05, 0) is 31.7 Å². The van der Waals surface area contributed by atoms with E-state index in [0.717, 1.165) is 44.0 Å². The molecule has 0 aromatic carbocycles. The zero-order chi connectivity index (χ0) is 17.2. The quantitative estimate of drug-likeness (QED) is 0.822. The molecular formula is C19H27FN4O. The molecule has 2 saturated heterocycles. The zero-order valence-electron chi connectivity index (χ0n) is 14.7. The van der Waals surface area contributed by atoms with Crippen molar-refractivity contribution in [1.29, 1.82) is 0 Å². The number of rotatable bonds is 5. The monoisotopic (exact) mass is 346 g/mol. The van der Waals surface area contributed by atoms with Crippen LogP contribution in [0, 0.1) is 5.92 Å². The molecule has 1 atom stereocenters. The fourth-order valence-corrected chi connectivity index (χ4v) is 4.25. The number of aromatic nitrogens is 2. The number of amides is 1. The van der Waals surface area contributed by atoms with E-state index in [1.54, 1.807) is 0 Å². The maximum atomic E-state index is 12.8. The fraction of sp³-hybridized carbons (Fsp3) is 0.737. The van der Waals surface area contributed by atoms with Gasteiger partial charge in [-0.3, -0.25) is 14.1 Å². The summed E-state index contributed by atoms with van der Waals surface area (Å²) in [7, 11) is 0. The highest BCUT2D eigenvalue weighted by molar-refractivity contribution is 5.79. The van der Waals surface area contributed by atoms with Crippen molar-refractivity contribution >= 4 is 5.91 Å². The number of hydrogen-bond donors (Lipinski definition) is 0. The maximum absolute atomic E-state index is 12.8. The average Bonchev–Trinajstić information content (AvgIpc) is 2.95. The van der Waals surface area contributed by atoms with Gasteiger partial charge in [0.25, 0.3) is 0 Å². The molecule has 1 aromatic heterocycles. The van der Waals surface area contributed by atoms with E-state index >= 15 is 0 Å². The Bertz CT molecular complexity index is 613. The van der Waals surface area contributed by atoms with E-state index in [1.807, 2.05) is 17.2 Å². The van der Waals surface area contributed by atoms with Crippen LogP contribution in [0.25, 0.3) is 0 Å². The summed E-state index contributed by atoms with van der Waals surface area (Å²) >= 11 is 0. The minimum atomic E-state index is -0.377. The van der Waals surface area contributed by atoms with Crippen LogP contribution < -0.4 is 0 Å². The number of likely N-dealkylation sites (tertiary alicyclic amines) is 2. The van der Waals surface area contributed by atoms with Gasteiger partial charge < -0.3 is 4.90 Å². The van der Waals surface area contributed by atoms with Crippen molar-refractivity contribution in [2.45, 2.75) is 57.0 Å². The summed E-state index contributed by atoms with van der Waals surface area (Å²) in [6.07, 6.45) is 7.97. The lowest BCUT2D eigenvalue weighted by atomic mass is 9.85.